The zero-order valence-corrected chi connectivity index (χ0v) is 9.03. The molecule has 4 heteroatoms. The normalized spacial score (nSPS) is 15.4. The summed E-state index contributed by atoms with van der Waals surface area (Å²) in [5.74, 6) is 0. The smallest absolute Gasteiger partial charge is 0.192 e. The molecule has 0 amide bonds. The molecule has 0 heterocycles. The van der Waals surface area contributed by atoms with Crippen molar-refractivity contribution in [1.29, 1.82) is 0 Å². The molecule has 0 radical (unpaired) electrons. The van der Waals surface area contributed by atoms with E-state index in [-0.39, 0.29) is 8.46 Å². The van der Waals surface area contributed by atoms with Crippen molar-refractivity contribution in [1.82, 2.24) is 0 Å². The molecule has 1 aromatic carbocycles. The van der Waals surface area contributed by atoms with E-state index in [2.05, 4.69) is 0 Å². The third kappa shape index (κ3) is 2.38. The minimum atomic E-state index is -0.676. The first kappa shape index (κ1) is 11.3. The predicted molar refractivity (Wildman–Crippen MR) is 55.0 cm³/mol. The highest BCUT2D eigenvalue weighted by atomic mass is 31.1. The van der Waals surface area contributed by atoms with E-state index < -0.39 is 12.2 Å². The van der Waals surface area contributed by atoms with E-state index in [1.165, 1.54) is 0 Å². The Morgan fingerprint density at radius 1 is 1.21 bits per heavy atom. The van der Waals surface area contributed by atoms with Gasteiger partial charge in [-0.3, -0.25) is 4.57 Å². The van der Waals surface area contributed by atoms with Crippen LogP contribution in [0.5, 0.6) is 0 Å². The largest absolute Gasteiger partial charge is 0.389 e. The first-order valence-electron chi connectivity index (χ1n) is 4.39. The molecule has 2 N–H and O–H groups in total. The lowest BCUT2D eigenvalue weighted by atomic mass is 10.0. The van der Waals surface area contributed by atoms with E-state index in [4.69, 9.17) is 0 Å². The Labute approximate surface area is 84.6 Å². The molecule has 1 rings (SSSR count). The van der Waals surface area contributed by atoms with E-state index in [0.29, 0.717) is 16.4 Å². The zero-order valence-electron chi connectivity index (χ0n) is 8.14. The third-order valence-corrected chi connectivity index (χ3v) is 2.69. The summed E-state index contributed by atoms with van der Waals surface area (Å²) in [5.41, 5.74) is 1.31. The predicted octanol–water partition coefficient (Wildman–Crippen LogP) is 1.71. The molecule has 0 aliphatic carbocycles. The Hall–Kier alpha value is -0.760. The van der Waals surface area contributed by atoms with Crippen LogP contribution in [0.15, 0.2) is 18.2 Å². The van der Waals surface area contributed by atoms with Gasteiger partial charge in [-0.25, -0.2) is 0 Å². The van der Waals surface area contributed by atoms with Gasteiger partial charge in [-0.2, -0.15) is 0 Å². The van der Waals surface area contributed by atoms with Gasteiger partial charge in [0.25, 0.3) is 0 Å². The molecule has 3 nitrogen and oxygen atoms in total. The lowest BCUT2D eigenvalue weighted by Crippen LogP contribution is -2.08. The van der Waals surface area contributed by atoms with Gasteiger partial charge in [0.15, 0.2) is 8.46 Å². The lowest BCUT2D eigenvalue weighted by Gasteiger charge is -2.11. The first-order chi connectivity index (χ1) is 6.56. The molecule has 0 aliphatic heterocycles. The summed E-state index contributed by atoms with van der Waals surface area (Å²) in [6.07, 6.45) is -1.25. The Morgan fingerprint density at radius 3 is 2.29 bits per heavy atom. The van der Waals surface area contributed by atoms with Crippen molar-refractivity contribution in [3.63, 3.8) is 0 Å². The number of hydrogen-bond acceptors (Lipinski definition) is 3. The van der Waals surface area contributed by atoms with Crippen LogP contribution in [0.2, 0.25) is 0 Å². The highest BCUT2D eigenvalue weighted by Gasteiger charge is 2.10. The summed E-state index contributed by atoms with van der Waals surface area (Å²) < 4.78 is 10.7. The highest BCUT2D eigenvalue weighted by Crippen LogP contribution is 2.19. The van der Waals surface area contributed by atoms with Crippen LogP contribution in [0.1, 0.15) is 37.2 Å². The van der Waals surface area contributed by atoms with Gasteiger partial charge in [-0.15, -0.1) is 0 Å². The van der Waals surface area contributed by atoms with Crippen LogP contribution < -0.4 is 5.30 Å². The molecule has 2 unspecified atom stereocenters. The molecule has 0 saturated carbocycles. The minimum Gasteiger partial charge on any atom is -0.389 e. The van der Waals surface area contributed by atoms with Gasteiger partial charge >= 0.3 is 0 Å². The van der Waals surface area contributed by atoms with Gasteiger partial charge < -0.3 is 10.2 Å². The fourth-order valence-electron chi connectivity index (χ4n) is 1.25. The van der Waals surface area contributed by atoms with Crippen molar-refractivity contribution in [2.24, 2.45) is 0 Å². The fraction of sp³-hybridized carbons (Fsp3) is 0.400. The maximum atomic E-state index is 10.7. The fourth-order valence-corrected chi connectivity index (χ4v) is 1.74. The highest BCUT2D eigenvalue weighted by molar-refractivity contribution is 7.34. The lowest BCUT2D eigenvalue weighted by molar-refractivity contribution is 0.193. The zero-order chi connectivity index (χ0) is 10.7. The van der Waals surface area contributed by atoms with E-state index in [1.807, 2.05) is 0 Å². The molecule has 0 bridgehead atoms. The monoisotopic (exact) mass is 212 g/mol. The topological polar surface area (TPSA) is 57.5 Å². The maximum Gasteiger partial charge on any atom is 0.192 e. The summed E-state index contributed by atoms with van der Waals surface area (Å²) in [6, 6.07) is 5.03. The molecule has 0 aliphatic rings. The van der Waals surface area contributed by atoms with Crippen molar-refractivity contribution >= 4 is 13.8 Å². The second kappa shape index (κ2) is 4.65. The molecule has 0 spiro atoms. The van der Waals surface area contributed by atoms with Crippen LogP contribution in [0.3, 0.4) is 0 Å². The van der Waals surface area contributed by atoms with E-state index in [0.717, 1.165) is 0 Å². The van der Waals surface area contributed by atoms with Crippen LogP contribution in [0.4, 0.5) is 0 Å². The van der Waals surface area contributed by atoms with E-state index in [9.17, 15) is 14.8 Å². The van der Waals surface area contributed by atoms with Crippen molar-refractivity contribution in [3.05, 3.63) is 29.3 Å². The van der Waals surface area contributed by atoms with Gasteiger partial charge in [-0.05, 0) is 37.1 Å². The summed E-state index contributed by atoms with van der Waals surface area (Å²) in [7, 11) is -0.114. The molecule has 14 heavy (non-hydrogen) atoms. The van der Waals surface area contributed by atoms with Crippen LogP contribution in [0, 0.1) is 0 Å². The van der Waals surface area contributed by atoms with Crippen molar-refractivity contribution in [2.75, 3.05) is 0 Å². The van der Waals surface area contributed by atoms with Gasteiger partial charge in [0.2, 0.25) is 0 Å². The maximum absolute atomic E-state index is 10.7. The van der Waals surface area contributed by atoms with Crippen LogP contribution in [-0.2, 0) is 4.57 Å². The SMILES string of the molecule is CC(O)c1ccc(P=O)c(C(C)O)c1. The van der Waals surface area contributed by atoms with Gasteiger partial charge in [0, 0.05) is 5.30 Å². The van der Waals surface area contributed by atoms with E-state index >= 15 is 0 Å². The molecule has 2 atom stereocenters. The molecular formula is C10H13O3P. The number of aliphatic hydroxyl groups excluding tert-OH is 2. The van der Waals surface area contributed by atoms with Crippen molar-refractivity contribution < 1.29 is 14.8 Å². The molecular weight excluding hydrogens is 199 g/mol. The molecule has 76 valence electrons. The average Bonchev–Trinajstić information content (AvgIpc) is 2.16. The standard InChI is InChI=1S/C10H13O3P/c1-6(11)8-3-4-10(14-13)9(5-8)7(2)12/h3-7,11-12H,1-2H3. The number of rotatable bonds is 3. The third-order valence-electron chi connectivity index (χ3n) is 2.08. The molecule has 0 saturated heterocycles. The van der Waals surface area contributed by atoms with Crippen molar-refractivity contribution in [3.8, 4) is 0 Å². The molecule has 1 aromatic rings. The van der Waals surface area contributed by atoms with E-state index in [1.54, 1.807) is 32.0 Å². The van der Waals surface area contributed by atoms with Gasteiger partial charge in [0.05, 0.1) is 12.2 Å². The molecule has 0 fully saturated rings. The Balaban J connectivity index is 3.20. The van der Waals surface area contributed by atoms with Crippen LogP contribution in [0.25, 0.3) is 0 Å². The summed E-state index contributed by atoms with van der Waals surface area (Å²) >= 11 is 0. The summed E-state index contributed by atoms with van der Waals surface area (Å²) in [6.45, 7) is 3.26. The Kier molecular flexibility index (Phi) is 3.76. The second-order valence-electron chi connectivity index (χ2n) is 3.26. The van der Waals surface area contributed by atoms with Gasteiger partial charge in [0.1, 0.15) is 0 Å². The number of hydrogen-bond donors (Lipinski definition) is 2. The summed E-state index contributed by atoms with van der Waals surface area (Å²) in [4.78, 5) is 0. The van der Waals surface area contributed by atoms with Crippen LogP contribution in [-0.4, -0.2) is 10.2 Å². The van der Waals surface area contributed by atoms with Gasteiger partial charge in [-0.1, -0.05) is 6.07 Å². The molecule has 0 aromatic heterocycles. The first-order valence-corrected chi connectivity index (χ1v) is 5.21. The second-order valence-corrected chi connectivity index (χ2v) is 3.93. The summed E-state index contributed by atoms with van der Waals surface area (Å²) in [5, 5.41) is 19.3. The quantitative estimate of drug-likeness (QED) is 0.750. The van der Waals surface area contributed by atoms with Crippen LogP contribution >= 0.6 is 8.46 Å². The Bertz CT molecular complexity index is 334. The number of benzene rings is 1. The minimum absolute atomic E-state index is 0.114. The Morgan fingerprint density at radius 2 is 1.86 bits per heavy atom. The van der Waals surface area contributed by atoms with Crippen molar-refractivity contribution in [2.45, 2.75) is 26.1 Å². The number of aliphatic hydroxyl groups is 2. The average molecular weight is 212 g/mol.